The minimum absolute atomic E-state index is 0.278. The minimum Gasteiger partial charge on any atom is -0.385 e. The number of nitrogen functional groups attached to an aromatic ring is 1. The number of para-hydroxylation sites is 2. The van der Waals surface area contributed by atoms with Crippen molar-refractivity contribution in [3.63, 3.8) is 0 Å². The Morgan fingerprint density at radius 2 is 1.62 bits per heavy atom. The summed E-state index contributed by atoms with van der Waals surface area (Å²) in [4.78, 5) is 0. The number of hydrogen-bond acceptors (Lipinski definition) is 2. The summed E-state index contributed by atoms with van der Waals surface area (Å²) < 4.78 is 3.90. The lowest BCUT2D eigenvalue weighted by Gasteiger charge is -2.11. The second-order valence-electron chi connectivity index (χ2n) is 6.82. The van der Waals surface area contributed by atoms with Crippen molar-refractivity contribution >= 4 is 51.8 Å². The van der Waals surface area contributed by atoms with Gasteiger partial charge in [0.05, 0.1) is 16.6 Å². The first-order valence-corrected chi connectivity index (χ1v) is 10.2. The van der Waals surface area contributed by atoms with Crippen LogP contribution >= 0.6 is 34.8 Å². The highest BCUT2D eigenvalue weighted by Crippen LogP contribution is 2.28. The molecule has 0 aliphatic heterocycles. The van der Waals surface area contributed by atoms with E-state index in [-0.39, 0.29) is 6.54 Å². The average molecular weight is 448 g/mol. The lowest BCUT2D eigenvalue weighted by atomic mass is 10.1. The molecule has 4 nitrogen and oxygen atoms in total. The van der Waals surface area contributed by atoms with Gasteiger partial charge in [-0.1, -0.05) is 71.2 Å². The first kappa shape index (κ1) is 20.0. The highest BCUT2D eigenvalue weighted by atomic mass is 35.5. The number of rotatable bonds is 5. The molecule has 3 aromatic carbocycles. The van der Waals surface area contributed by atoms with Crippen molar-refractivity contribution in [2.45, 2.75) is 19.2 Å². The lowest BCUT2D eigenvalue weighted by molar-refractivity contribution is -0.648. The maximum atomic E-state index is 10.8. The van der Waals surface area contributed by atoms with Gasteiger partial charge in [0.15, 0.2) is 0 Å². The fraction of sp³-hybridized carbons (Fsp3) is 0.136. The molecule has 0 amide bonds. The molecule has 1 heterocycles. The van der Waals surface area contributed by atoms with E-state index in [1.54, 1.807) is 18.2 Å². The van der Waals surface area contributed by atoms with Gasteiger partial charge in [-0.3, -0.25) is 5.73 Å². The van der Waals surface area contributed by atoms with E-state index in [0.29, 0.717) is 33.1 Å². The number of anilines is 1. The van der Waals surface area contributed by atoms with Crippen LogP contribution in [-0.4, -0.2) is 9.67 Å². The van der Waals surface area contributed by atoms with Crippen molar-refractivity contribution in [3.05, 3.63) is 92.9 Å². The van der Waals surface area contributed by atoms with E-state index in [1.807, 2.05) is 57.7 Å². The molecule has 0 aliphatic carbocycles. The van der Waals surface area contributed by atoms with Gasteiger partial charge in [0.25, 0.3) is 0 Å². The molecule has 148 valence electrons. The zero-order valence-corrected chi connectivity index (χ0v) is 17.7. The maximum Gasteiger partial charge on any atom is 0.356 e. The number of hydrogen-bond donors (Lipinski definition) is 2. The monoisotopic (exact) mass is 446 g/mol. The largest absolute Gasteiger partial charge is 0.385 e. The predicted molar refractivity (Wildman–Crippen MR) is 119 cm³/mol. The summed E-state index contributed by atoms with van der Waals surface area (Å²) in [5, 5.41) is 12.3. The first-order valence-electron chi connectivity index (χ1n) is 9.08. The van der Waals surface area contributed by atoms with Gasteiger partial charge in [-0.2, -0.15) is 0 Å². The summed E-state index contributed by atoms with van der Waals surface area (Å²) in [6.45, 7) is 0.807. The van der Waals surface area contributed by atoms with Crippen LogP contribution in [0, 0.1) is 0 Å². The summed E-state index contributed by atoms with van der Waals surface area (Å²) in [7, 11) is 0. The van der Waals surface area contributed by atoms with Gasteiger partial charge in [-0.05, 0) is 35.9 Å². The van der Waals surface area contributed by atoms with Crippen molar-refractivity contribution in [3.8, 4) is 0 Å². The Morgan fingerprint density at radius 3 is 2.38 bits per heavy atom. The van der Waals surface area contributed by atoms with E-state index in [2.05, 4.69) is 0 Å². The normalized spacial score (nSPS) is 12.4. The first-order chi connectivity index (χ1) is 14.0. The second-order valence-corrected chi connectivity index (χ2v) is 8.05. The Hall–Kier alpha value is -2.24. The minimum atomic E-state index is -0.795. The Bertz CT molecular complexity index is 1190. The number of aliphatic hydroxyl groups is 1. The summed E-state index contributed by atoms with van der Waals surface area (Å²) in [6.07, 6.45) is -0.795. The van der Waals surface area contributed by atoms with Gasteiger partial charge in [0, 0.05) is 10.6 Å². The summed E-state index contributed by atoms with van der Waals surface area (Å²) >= 11 is 18.4. The Morgan fingerprint density at radius 1 is 0.897 bits per heavy atom. The van der Waals surface area contributed by atoms with Crippen molar-refractivity contribution in [2.24, 2.45) is 0 Å². The third-order valence-electron chi connectivity index (χ3n) is 4.99. The SMILES string of the molecule is Nc1n(CC(O)c2ccc(Cl)c(Cl)c2)c2ccccc2[n+]1Cc1ccccc1Cl. The molecular weight excluding hydrogens is 429 g/mol. The van der Waals surface area contributed by atoms with Gasteiger partial charge in [-0.15, -0.1) is 0 Å². The van der Waals surface area contributed by atoms with Crippen molar-refractivity contribution in [2.75, 3.05) is 5.73 Å². The number of nitrogens with two attached hydrogens (primary N) is 1. The quantitative estimate of drug-likeness (QED) is 0.410. The zero-order chi connectivity index (χ0) is 20.5. The molecule has 0 fully saturated rings. The topological polar surface area (TPSA) is 55.1 Å². The number of aliphatic hydroxyl groups excluding tert-OH is 1. The molecule has 0 saturated carbocycles. The van der Waals surface area contributed by atoms with Crippen molar-refractivity contribution in [1.82, 2.24) is 4.57 Å². The Kier molecular flexibility index (Phi) is 5.70. The molecule has 4 aromatic rings. The highest BCUT2D eigenvalue weighted by Gasteiger charge is 2.24. The Labute approximate surface area is 183 Å². The van der Waals surface area contributed by atoms with Crippen molar-refractivity contribution < 1.29 is 9.67 Å². The molecule has 4 rings (SSSR count). The van der Waals surface area contributed by atoms with E-state index in [4.69, 9.17) is 40.5 Å². The fourth-order valence-electron chi connectivity index (χ4n) is 3.47. The van der Waals surface area contributed by atoms with E-state index in [9.17, 15) is 5.11 Å². The molecule has 0 bridgehead atoms. The molecule has 0 radical (unpaired) electrons. The van der Waals surface area contributed by atoms with Gasteiger partial charge < -0.3 is 5.11 Å². The Balaban J connectivity index is 1.74. The molecule has 7 heteroatoms. The van der Waals surface area contributed by atoms with Crippen LogP contribution in [0.2, 0.25) is 15.1 Å². The second kappa shape index (κ2) is 8.25. The van der Waals surface area contributed by atoms with Crippen LogP contribution in [0.3, 0.4) is 0 Å². The van der Waals surface area contributed by atoms with Crippen LogP contribution in [0.4, 0.5) is 5.95 Å². The van der Waals surface area contributed by atoms with E-state index in [0.717, 1.165) is 16.6 Å². The fourth-order valence-corrected chi connectivity index (χ4v) is 3.97. The number of fused-ring (bicyclic) bond motifs is 1. The molecule has 3 N–H and O–H groups in total. The average Bonchev–Trinajstić information content (AvgIpc) is 2.97. The number of benzene rings is 3. The molecule has 0 aliphatic rings. The molecule has 1 unspecified atom stereocenters. The predicted octanol–water partition coefficient (Wildman–Crippen LogP) is 5.25. The summed E-state index contributed by atoms with van der Waals surface area (Å²) in [6, 6.07) is 20.7. The smallest absolute Gasteiger partial charge is 0.356 e. The molecule has 0 spiro atoms. The van der Waals surface area contributed by atoms with Crippen molar-refractivity contribution in [1.29, 1.82) is 0 Å². The molecular formula is C22H19Cl3N3O+. The molecule has 1 aromatic heterocycles. The third-order valence-corrected chi connectivity index (χ3v) is 6.09. The van der Waals surface area contributed by atoms with Crippen LogP contribution in [0.15, 0.2) is 66.7 Å². The number of nitrogens with zero attached hydrogens (tertiary/aromatic N) is 2. The lowest BCUT2D eigenvalue weighted by Crippen LogP contribution is -2.37. The van der Waals surface area contributed by atoms with Gasteiger partial charge in [0.1, 0.15) is 23.7 Å². The van der Waals surface area contributed by atoms with E-state index < -0.39 is 6.10 Å². The molecule has 1 atom stereocenters. The van der Waals surface area contributed by atoms with Crippen LogP contribution in [-0.2, 0) is 13.1 Å². The maximum absolute atomic E-state index is 10.8. The van der Waals surface area contributed by atoms with Crippen LogP contribution in [0.5, 0.6) is 0 Å². The standard InChI is InChI=1S/C22H18Cl3N3O/c23-16-6-2-1-5-15(16)12-27-19-7-3-4-8-20(19)28(22(27)26)13-21(29)14-9-10-17(24)18(25)11-14/h1-11,21,26,29H,12-13H2/p+1. The number of imidazole rings is 1. The summed E-state index contributed by atoms with van der Waals surface area (Å²) in [5.74, 6) is 0.533. The van der Waals surface area contributed by atoms with Crippen LogP contribution in [0.1, 0.15) is 17.2 Å². The molecule has 29 heavy (non-hydrogen) atoms. The van der Waals surface area contributed by atoms with E-state index >= 15 is 0 Å². The van der Waals surface area contributed by atoms with Gasteiger partial charge >= 0.3 is 5.95 Å². The third kappa shape index (κ3) is 3.94. The number of halogens is 3. The highest BCUT2D eigenvalue weighted by molar-refractivity contribution is 6.42. The van der Waals surface area contributed by atoms with Crippen LogP contribution in [0.25, 0.3) is 11.0 Å². The molecule has 0 saturated heterocycles. The van der Waals surface area contributed by atoms with Crippen LogP contribution < -0.4 is 10.3 Å². The zero-order valence-electron chi connectivity index (χ0n) is 15.4. The number of aromatic nitrogens is 2. The van der Waals surface area contributed by atoms with E-state index in [1.165, 1.54) is 0 Å². The van der Waals surface area contributed by atoms with Gasteiger partial charge in [0.2, 0.25) is 0 Å². The summed E-state index contributed by atoms with van der Waals surface area (Å²) in [5.41, 5.74) is 10.1. The van der Waals surface area contributed by atoms with Gasteiger partial charge in [-0.25, -0.2) is 9.13 Å².